The Hall–Kier alpha value is -1.57. The maximum absolute atomic E-state index is 4.78. The van der Waals surface area contributed by atoms with Crippen LogP contribution < -0.4 is 5.32 Å². The molecule has 0 radical (unpaired) electrons. The number of fused-ring (bicyclic) bond motifs is 1. The summed E-state index contributed by atoms with van der Waals surface area (Å²) in [6, 6.07) is 10.5. The van der Waals surface area contributed by atoms with Crippen molar-refractivity contribution >= 4 is 16.7 Å². The van der Waals surface area contributed by atoms with Gasteiger partial charge in [0.05, 0.1) is 5.52 Å². The van der Waals surface area contributed by atoms with Crippen molar-refractivity contribution in [2.45, 2.75) is 45.1 Å². The lowest BCUT2D eigenvalue weighted by atomic mass is 9.75. The highest BCUT2D eigenvalue weighted by Gasteiger charge is 2.35. The summed E-state index contributed by atoms with van der Waals surface area (Å²) in [5.41, 5.74) is 2.63. The number of pyridine rings is 1. The summed E-state index contributed by atoms with van der Waals surface area (Å²) in [5, 5.41) is 4.91. The van der Waals surface area contributed by atoms with Gasteiger partial charge in [0.2, 0.25) is 0 Å². The molecule has 1 aliphatic rings. The molecule has 0 spiro atoms. The average Bonchev–Trinajstić information content (AvgIpc) is 2.34. The van der Waals surface area contributed by atoms with Gasteiger partial charge in [-0.25, -0.2) is 4.98 Å². The number of aryl methyl sites for hydroxylation is 1. The van der Waals surface area contributed by atoms with Gasteiger partial charge >= 0.3 is 0 Å². The Balaban J connectivity index is 1.98. The normalized spacial score (nSPS) is 17.4. The first kappa shape index (κ1) is 11.5. The lowest BCUT2D eigenvalue weighted by Crippen LogP contribution is -2.44. The van der Waals surface area contributed by atoms with Gasteiger partial charge in [0, 0.05) is 10.9 Å². The van der Waals surface area contributed by atoms with Crippen molar-refractivity contribution in [3.8, 4) is 0 Å². The third-order valence-electron chi connectivity index (χ3n) is 4.29. The van der Waals surface area contributed by atoms with Gasteiger partial charge in [-0.2, -0.15) is 0 Å². The van der Waals surface area contributed by atoms with Crippen molar-refractivity contribution in [1.82, 2.24) is 4.98 Å². The third-order valence-corrected chi connectivity index (χ3v) is 4.29. The molecule has 0 saturated heterocycles. The van der Waals surface area contributed by atoms with Crippen LogP contribution in [0.25, 0.3) is 10.9 Å². The fourth-order valence-electron chi connectivity index (χ4n) is 2.77. The molecule has 0 atom stereocenters. The van der Waals surface area contributed by atoms with E-state index in [-0.39, 0.29) is 0 Å². The fraction of sp³-hybridized carbons (Fsp3) is 0.438. The maximum atomic E-state index is 4.78. The van der Waals surface area contributed by atoms with Crippen molar-refractivity contribution < 1.29 is 0 Å². The summed E-state index contributed by atoms with van der Waals surface area (Å²) in [7, 11) is 0. The van der Waals surface area contributed by atoms with Crippen LogP contribution >= 0.6 is 0 Å². The zero-order valence-corrected chi connectivity index (χ0v) is 11.2. The first-order valence-corrected chi connectivity index (χ1v) is 6.87. The molecule has 1 fully saturated rings. The Bertz CT molecular complexity index is 565. The average molecular weight is 240 g/mol. The molecule has 1 saturated carbocycles. The minimum atomic E-state index is 0.306. The van der Waals surface area contributed by atoms with E-state index in [9.17, 15) is 0 Å². The fourth-order valence-corrected chi connectivity index (χ4v) is 2.77. The predicted octanol–water partition coefficient (Wildman–Crippen LogP) is 4.29. The van der Waals surface area contributed by atoms with Crippen LogP contribution in [-0.4, -0.2) is 10.5 Å². The van der Waals surface area contributed by atoms with Crippen LogP contribution in [0.1, 0.15) is 38.2 Å². The molecule has 1 heterocycles. The Labute approximate surface area is 108 Å². The lowest BCUT2D eigenvalue weighted by Gasteiger charge is -2.42. The second kappa shape index (κ2) is 4.27. The topological polar surface area (TPSA) is 24.9 Å². The van der Waals surface area contributed by atoms with Crippen LogP contribution in [0.5, 0.6) is 0 Å². The van der Waals surface area contributed by atoms with E-state index in [1.807, 2.05) is 6.07 Å². The summed E-state index contributed by atoms with van der Waals surface area (Å²) < 4.78 is 0. The Kier molecular flexibility index (Phi) is 2.73. The zero-order valence-electron chi connectivity index (χ0n) is 11.2. The van der Waals surface area contributed by atoms with Crippen LogP contribution in [0.4, 0.5) is 5.82 Å². The molecular formula is C16H20N2. The molecule has 1 aliphatic carbocycles. The molecule has 0 amide bonds. The van der Waals surface area contributed by atoms with Gasteiger partial charge in [0.15, 0.2) is 0 Å². The number of para-hydroxylation sites is 1. The second-order valence-electron chi connectivity index (χ2n) is 5.46. The summed E-state index contributed by atoms with van der Waals surface area (Å²) >= 11 is 0. The number of hydrogen-bond acceptors (Lipinski definition) is 2. The molecule has 2 aromatic rings. The number of nitrogens with zero attached hydrogens (tertiary/aromatic N) is 1. The van der Waals surface area contributed by atoms with E-state index in [1.54, 1.807) is 0 Å². The highest BCUT2D eigenvalue weighted by atomic mass is 15.1. The SMILES string of the molecule is CCC1(Nc2nc3ccccc3cc2C)CCC1. The molecular weight excluding hydrogens is 220 g/mol. The Morgan fingerprint density at radius 2 is 2.06 bits per heavy atom. The zero-order chi connectivity index (χ0) is 12.6. The third kappa shape index (κ3) is 1.86. The van der Waals surface area contributed by atoms with Crippen LogP contribution in [-0.2, 0) is 0 Å². The van der Waals surface area contributed by atoms with Crippen LogP contribution in [0.3, 0.4) is 0 Å². The van der Waals surface area contributed by atoms with Crippen molar-refractivity contribution in [3.05, 3.63) is 35.9 Å². The molecule has 2 nitrogen and oxygen atoms in total. The Morgan fingerprint density at radius 3 is 2.72 bits per heavy atom. The minimum Gasteiger partial charge on any atom is -0.364 e. The summed E-state index contributed by atoms with van der Waals surface area (Å²) in [5.74, 6) is 1.07. The van der Waals surface area contributed by atoms with E-state index in [1.165, 1.54) is 36.6 Å². The smallest absolute Gasteiger partial charge is 0.130 e. The number of benzene rings is 1. The number of rotatable bonds is 3. The second-order valence-corrected chi connectivity index (χ2v) is 5.46. The van der Waals surface area contributed by atoms with Gasteiger partial charge in [0.25, 0.3) is 0 Å². The van der Waals surface area contributed by atoms with Gasteiger partial charge in [-0.1, -0.05) is 25.1 Å². The van der Waals surface area contributed by atoms with Gasteiger partial charge in [0.1, 0.15) is 5.82 Å². The predicted molar refractivity (Wildman–Crippen MR) is 77.0 cm³/mol. The lowest BCUT2D eigenvalue weighted by molar-refractivity contribution is 0.269. The molecule has 18 heavy (non-hydrogen) atoms. The van der Waals surface area contributed by atoms with Gasteiger partial charge in [-0.05, 0) is 50.3 Å². The van der Waals surface area contributed by atoms with E-state index in [0.717, 1.165) is 11.3 Å². The number of nitrogens with one attached hydrogen (secondary N) is 1. The van der Waals surface area contributed by atoms with E-state index >= 15 is 0 Å². The van der Waals surface area contributed by atoms with E-state index in [4.69, 9.17) is 4.98 Å². The van der Waals surface area contributed by atoms with Crippen molar-refractivity contribution in [2.24, 2.45) is 0 Å². The minimum absolute atomic E-state index is 0.306. The highest BCUT2D eigenvalue weighted by molar-refractivity contribution is 5.81. The van der Waals surface area contributed by atoms with Gasteiger partial charge < -0.3 is 5.32 Å². The van der Waals surface area contributed by atoms with Crippen LogP contribution in [0.2, 0.25) is 0 Å². The molecule has 0 unspecified atom stereocenters. The largest absolute Gasteiger partial charge is 0.364 e. The van der Waals surface area contributed by atoms with Gasteiger partial charge in [-0.15, -0.1) is 0 Å². The van der Waals surface area contributed by atoms with E-state index in [2.05, 4.69) is 43.4 Å². The standard InChI is InChI=1S/C16H20N2/c1-3-16(9-6-10-16)18-15-12(2)11-13-7-4-5-8-14(13)17-15/h4-5,7-8,11H,3,6,9-10H2,1-2H3,(H,17,18). The van der Waals surface area contributed by atoms with E-state index < -0.39 is 0 Å². The van der Waals surface area contributed by atoms with Crippen molar-refractivity contribution in [3.63, 3.8) is 0 Å². The first-order valence-electron chi connectivity index (χ1n) is 6.87. The van der Waals surface area contributed by atoms with Crippen molar-refractivity contribution in [1.29, 1.82) is 0 Å². The number of hydrogen-bond donors (Lipinski definition) is 1. The molecule has 0 bridgehead atoms. The molecule has 1 aromatic carbocycles. The number of aromatic nitrogens is 1. The summed E-state index contributed by atoms with van der Waals surface area (Å²) in [6.45, 7) is 4.41. The van der Waals surface area contributed by atoms with Crippen LogP contribution in [0, 0.1) is 6.92 Å². The molecule has 2 heteroatoms. The maximum Gasteiger partial charge on any atom is 0.130 e. The molecule has 94 valence electrons. The van der Waals surface area contributed by atoms with Crippen LogP contribution in [0.15, 0.2) is 30.3 Å². The highest BCUT2D eigenvalue weighted by Crippen LogP contribution is 2.38. The first-order chi connectivity index (χ1) is 8.72. The molecule has 3 rings (SSSR count). The van der Waals surface area contributed by atoms with Crippen molar-refractivity contribution in [2.75, 3.05) is 5.32 Å². The molecule has 0 aliphatic heterocycles. The quantitative estimate of drug-likeness (QED) is 0.865. The van der Waals surface area contributed by atoms with Gasteiger partial charge in [-0.3, -0.25) is 0 Å². The summed E-state index contributed by atoms with van der Waals surface area (Å²) in [6.07, 6.45) is 5.07. The molecule has 1 N–H and O–H groups in total. The number of anilines is 1. The Morgan fingerprint density at radius 1 is 1.28 bits per heavy atom. The van der Waals surface area contributed by atoms with E-state index in [0.29, 0.717) is 5.54 Å². The monoisotopic (exact) mass is 240 g/mol. The summed E-state index contributed by atoms with van der Waals surface area (Å²) in [4.78, 5) is 4.78. The molecule has 1 aromatic heterocycles.